The van der Waals surface area contributed by atoms with E-state index in [1.807, 2.05) is 23.1 Å². The van der Waals surface area contributed by atoms with Crippen molar-refractivity contribution in [2.45, 2.75) is 19.9 Å². The van der Waals surface area contributed by atoms with Crippen molar-refractivity contribution >= 4 is 51.1 Å². The zero-order valence-electron chi connectivity index (χ0n) is 20.3. The molecule has 1 aliphatic rings. The number of aromatic nitrogens is 6. The third kappa shape index (κ3) is 4.10. The lowest BCUT2D eigenvalue weighted by atomic mass is 10.0. The molecule has 188 valence electrons. The lowest BCUT2D eigenvalue weighted by molar-refractivity contribution is 0.0745. The van der Waals surface area contributed by atoms with Crippen molar-refractivity contribution in [1.29, 1.82) is 0 Å². The minimum absolute atomic E-state index is 0.0694. The number of fused-ring (bicyclic) bond motifs is 2. The summed E-state index contributed by atoms with van der Waals surface area (Å²) in [6.45, 7) is 6.20. The number of hydrogen-bond acceptors (Lipinski definition) is 9. The number of nitrogens with one attached hydrogen (secondary N) is 2. The number of hydrogen-bond donors (Lipinski definition) is 2. The highest BCUT2D eigenvalue weighted by Gasteiger charge is 2.28. The number of aryl methyl sites for hydroxylation is 1. The highest BCUT2D eigenvalue weighted by molar-refractivity contribution is 6.36. The number of nitrogens with zero attached hydrogens (tertiary/aromatic N) is 7. The fourth-order valence-electron chi connectivity index (χ4n) is 4.83. The molecule has 1 atom stereocenters. The second-order valence-corrected chi connectivity index (χ2v) is 9.37. The number of halogens is 1. The van der Waals surface area contributed by atoms with Crippen LogP contribution >= 0.6 is 11.6 Å². The SMILES string of the molecule is Cc1oncc1C(=O)N1CCN(c2c(C(C)Nc3ncnc4nc[nH]c34)cc(Cl)c3cccnc23)CC1. The van der Waals surface area contributed by atoms with Gasteiger partial charge in [0.1, 0.15) is 23.2 Å². The molecular weight excluding hydrogens is 494 g/mol. The number of rotatable bonds is 5. The number of H-pyrrole nitrogens is 1. The lowest BCUT2D eigenvalue weighted by Gasteiger charge is -2.38. The van der Waals surface area contributed by atoms with Crippen LogP contribution in [0.1, 0.15) is 34.6 Å². The van der Waals surface area contributed by atoms with Gasteiger partial charge in [0, 0.05) is 43.3 Å². The van der Waals surface area contributed by atoms with Gasteiger partial charge in [-0.2, -0.15) is 0 Å². The van der Waals surface area contributed by atoms with E-state index in [2.05, 4.69) is 42.2 Å². The smallest absolute Gasteiger partial charge is 0.259 e. The molecule has 2 N–H and O–H groups in total. The van der Waals surface area contributed by atoms with E-state index >= 15 is 0 Å². The average Bonchev–Trinajstić information content (AvgIpc) is 3.58. The molecule has 1 aliphatic heterocycles. The largest absolute Gasteiger partial charge is 0.366 e. The van der Waals surface area contributed by atoms with Crippen LogP contribution < -0.4 is 10.2 Å². The molecule has 4 aromatic heterocycles. The van der Waals surface area contributed by atoms with E-state index in [0.717, 1.165) is 27.7 Å². The molecule has 0 aliphatic carbocycles. The summed E-state index contributed by atoms with van der Waals surface area (Å²) >= 11 is 6.74. The van der Waals surface area contributed by atoms with Gasteiger partial charge < -0.3 is 24.6 Å². The van der Waals surface area contributed by atoms with Gasteiger partial charge in [-0.1, -0.05) is 16.8 Å². The van der Waals surface area contributed by atoms with Crippen molar-refractivity contribution < 1.29 is 9.32 Å². The molecule has 11 nitrogen and oxygen atoms in total. The Labute approximate surface area is 216 Å². The van der Waals surface area contributed by atoms with E-state index in [-0.39, 0.29) is 11.9 Å². The predicted molar refractivity (Wildman–Crippen MR) is 140 cm³/mol. The van der Waals surface area contributed by atoms with Gasteiger partial charge in [-0.25, -0.2) is 15.0 Å². The molecule has 5 aromatic rings. The van der Waals surface area contributed by atoms with E-state index in [0.29, 0.717) is 54.0 Å². The maximum Gasteiger partial charge on any atom is 0.259 e. The molecule has 0 bridgehead atoms. The highest BCUT2D eigenvalue weighted by Crippen LogP contribution is 2.39. The minimum Gasteiger partial charge on any atom is -0.366 e. The number of carbonyl (C=O) groups is 1. The normalized spacial score (nSPS) is 14.9. The van der Waals surface area contributed by atoms with Crippen molar-refractivity contribution in [3.63, 3.8) is 0 Å². The second kappa shape index (κ2) is 9.32. The van der Waals surface area contributed by atoms with Gasteiger partial charge in [-0.05, 0) is 32.0 Å². The van der Waals surface area contributed by atoms with Crippen LogP contribution in [-0.2, 0) is 0 Å². The van der Waals surface area contributed by atoms with Crippen LogP contribution in [-0.4, -0.2) is 67.1 Å². The van der Waals surface area contributed by atoms with Crippen LogP contribution in [0.15, 0.2) is 47.8 Å². The Balaban J connectivity index is 1.34. The predicted octanol–water partition coefficient (Wildman–Crippen LogP) is 3.99. The van der Waals surface area contributed by atoms with Gasteiger partial charge in [0.25, 0.3) is 5.91 Å². The van der Waals surface area contributed by atoms with Crippen LogP contribution in [0.4, 0.5) is 11.5 Å². The number of benzene rings is 1. The summed E-state index contributed by atoms with van der Waals surface area (Å²) < 4.78 is 5.09. The Hall–Kier alpha value is -4.25. The molecule has 1 saturated heterocycles. The average molecular weight is 518 g/mol. The summed E-state index contributed by atoms with van der Waals surface area (Å²) in [5.74, 6) is 1.11. The van der Waals surface area contributed by atoms with Crippen LogP contribution in [0.3, 0.4) is 0 Å². The summed E-state index contributed by atoms with van der Waals surface area (Å²) in [7, 11) is 0. The van der Waals surface area contributed by atoms with Gasteiger partial charge in [-0.3, -0.25) is 9.78 Å². The first-order valence-corrected chi connectivity index (χ1v) is 12.3. The Kier molecular flexibility index (Phi) is 5.84. The van der Waals surface area contributed by atoms with E-state index < -0.39 is 0 Å². The Morgan fingerprint density at radius 2 is 2.03 bits per heavy atom. The van der Waals surface area contributed by atoms with Crippen LogP contribution in [0.5, 0.6) is 0 Å². The summed E-state index contributed by atoms with van der Waals surface area (Å²) in [5.41, 5.74) is 4.62. The number of carbonyl (C=O) groups excluding carboxylic acids is 1. The molecule has 0 radical (unpaired) electrons. The minimum atomic E-state index is -0.167. The maximum atomic E-state index is 13.0. The molecule has 37 heavy (non-hydrogen) atoms. The van der Waals surface area contributed by atoms with Gasteiger partial charge in [-0.15, -0.1) is 0 Å². The molecule has 1 aromatic carbocycles. The van der Waals surface area contributed by atoms with Crippen LogP contribution in [0.2, 0.25) is 5.02 Å². The van der Waals surface area contributed by atoms with Crippen molar-refractivity contribution in [3.05, 3.63) is 65.2 Å². The second-order valence-electron chi connectivity index (χ2n) is 8.96. The van der Waals surface area contributed by atoms with Gasteiger partial charge in [0.15, 0.2) is 11.5 Å². The van der Waals surface area contributed by atoms with Crippen LogP contribution in [0, 0.1) is 6.92 Å². The number of aromatic amines is 1. The van der Waals surface area contributed by atoms with E-state index in [1.54, 1.807) is 19.4 Å². The first kappa shape index (κ1) is 23.2. The highest BCUT2D eigenvalue weighted by atomic mass is 35.5. The molecule has 1 amide bonds. The van der Waals surface area contributed by atoms with Crippen molar-refractivity contribution in [1.82, 2.24) is 35.0 Å². The fraction of sp³-hybridized carbons (Fsp3) is 0.280. The Morgan fingerprint density at radius 1 is 1.19 bits per heavy atom. The first-order valence-electron chi connectivity index (χ1n) is 11.9. The van der Waals surface area contributed by atoms with E-state index in [4.69, 9.17) is 21.1 Å². The maximum absolute atomic E-state index is 13.0. The summed E-state index contributed by atoms with van der Waals surface area (Å²) in [4.78, 5) is 37.8. The number of piperazine rings is 1. The molecule has 6 rings (SSSR count). The van der Waals surface area contributed by atoms with Gasteiger partial charge in [0.05, 0.1) is 34.8 Å². The monoisotopic (exact) mass is 517 g/mol. The Bertz CT molecular complexity index is 1610. The molecule has 0 saturated carbocycles. The first-order chi connectivity index (χ1) is 18.0. The number of amides is 1. The quantitative estimate of drug-likeness (QED) is 0.355. The fourth-order valence-corrected chi connectivity index (χ4v) is 5.10. The van der Waals surface area contributed by atoms with E-state index in [1.165, 1.54) is 12.5 Å². The standard InChI is InChI=1S/C25H24ClN9O2/c1-14(33-24-21-23(29-12-28-21)30-13-31-24)17-10-19(26)16-4-3-5-27-20(16)22(17)34-6-8-35(9-7-34)25(36)18-11-32-37-15(18)2/h3-5,10-14H,6-9H2,1-2H3,(H2,28,29,30,31,33). The molecule has 5 heterocycles. The lowest BCUT2D eigenvalue weighted by Crippen LogP contribution is -2.49. The third-order valence-electron chi connectivity index (χ3n) is 6.75. The van der Waals surface area contributed by atoms with Crippen molar-refractivity contribution in [2.24, 2.45) is 0 Å². The molecule has 1 fully saturated rings. The van der Waals surface area contributed by atoms with Crippen molar-refractivity contribution in [3.8, 4) is 0 Å². The number of imidazole rings is 1. The zero-order valence-corrected chi connectivity index (χ0v) is 21.0. The molecule has 1 unspecified atom stereocenters. The Morgan fingerprint density at radius 3 is 2.81 bits per heavy atom. The van der Waals surface area contributed by atoms with Gasteiger partial charge in [0.2, 0.25) is 0 Å². The molecule has 0 spiro atoms. The van der Waals surface area contributed by atoms with Crippen LogP contribution in [0.25, 0.3) is 22.1 Å². The number of anilines is 2. The van der Waals surface area contributed by atoms with E-state index in [9.17, 15) is 4.79 Å². The summed E-state index contributed by atoms with van der Waals surface area (Å²) in [6, 6.07) is 5.68. The summed E-state index contributed by atoms with van der Waals surface area (Å²) in [5, 5.41) is 8.75. The third-order valence-corrected chi connectivity index (χ3v) is 7.06. The molecule has 12 heteroatoms. The van der Waals surface area contributed by atoms with Crippen molar-refractivity contribution in [2.75, 3.05) is 36.4 Å². The molecular formula is C25H24ClN9O2. The number of pyridine rings is 1. The summed E-state index contributed by atoms with van der Waals surface area (Å²) in [6.07, 6.45) is 6.34. The topological polar surface area (TPSA) is 129 Å². The zero-order chi connectivity index (χ0) is 25.5. The van der Waals surface area contributed by atoms with Gasteiger partial charge >= 0.3 is 0 Å².